The van der Waals surface area contributed by atoms with Crippen LogP contribution < -0.4 is 5.32 Å². The molecule has 0 radical (unpaired) electrons. The van der Waals surface area contributed by atoms with E-state index < -0.39 is 46.8 Å². The highest BCUT2D eigenvalue weighted by Gasteiger charge is 2.38. The molecule has 0 aliphatic carbocycles. The van der Waals surface area contributed by atoms with Crippen molar-refractivity contribution in [1.82, 2.24) is 5.32 Å². The molecule has 0 spiro atoms. The highest BCUT2D eigenvalue weighted by molar-refractivity contribution is 7.99. The van der Waals surface area contributed by atoms with Crippen LogP contribution in [0.15, 0.2) is 108 Å². The summed E-state index contributed by atoms with van der Waals surface area (Å²) in [5, 5.41) is 11.8. The quantitative estimate of drug-likeness (QED) is 0.0657. The summed E-state index contributed by atoms with van der Waals surface area (Å²) in [4.78, 5) is 13.7. The fourth-order valence-electron chi connectivity index (χ4n) is 5.85. The minimum atomic E-state index is -2.34. The Bertz CT molecular complexity index is 1930. The summed E-state index contributed by atoms with van der Waals surface area (Å²) < 4.78 is 82.4. The van der Waals surface area contributed by atoms with E-state index in [2.05, 4.69) is 24.4 Å². The summed E-state index contributed by atoms with van der Waals surface area (Å²) in [7, 11) is 0. The molecular weight excluding hydrogens is 673 g/mol. The van der Waals surface area contributed by atoms with Crippen LogP contribution in [-0.4, -0.2) is 22.9 Å². The molecule has 0 bridgehead atoms. The zero-order chi connectivity index (χ0) is 35.4. The summed E-state index contributed by atoms with van der Waals surface area (Å²) in [5.41, 5.74) is 2.95. The number of hydrogen-bond acceptors (Lipinski definition) is 5. The van der Waals surface area contributed by atoms with Crippen LogP contribution in [0.4, 0.5) is 22.0 Å². The second-order valence-corrected chi connectivity index (χ2v) is 12.9. The smallest absolute Gasteiger partial charge is 0.257 e. The number of hydrogen-bond donors (Lipinski definition) is 2. The van der Waals surface area contributed by atoms with Gasteiger partial charge in [0.25, 0.3) is 5.91 Å². The number of aliphatic hydroxyl groups excluding tert-OH is 1. The first-order chi connectivity index (χ1) is 24.2. The number of carbonyl (C=O) groups excluding carboxylic acids is 1. The van der Waals surface area contributed by atoms with Crippen LogP contribution in [0.3, 0.4) is 0 Å². The summed E-state index contributed by atoms with van der Waals surface area (Å²) in [6, 6.07) is 32.1. The molecule has 4 atom stereocenters. The Morgan fingerprint density at radius 2 is 1.34 bits per heavy atom. The SMILES string of the molecule is C[C@@H]1[C@H](CSc2ccccc2)O[C@H](c2ccc(-c3ccccc3CNC(=O)c3c(F)c(F)c(F)c(F)c3F)cc2)O[C@@H]1c1ccc(CO)cc1. The molecule has 0 unspecified atom stereocenters. The first-order valence-corrected chi connectivity index (χ1v) is 16.8. The Balaban J connectivity index is 1.21. The maximum Gasteiger partial charge on any atom is 0.257 e. The van der Waals surface area contributed by atoms with E-state index >= 15 is 0 Å². The van der Waals surface area contributed by atoms with E-state index in [1.807, 2.05) is 66.7 Å². The van der Waals surface area contributed by atoms with Gasteiger partial charge in [-0.3, -0.25) is 4.79 Å². The maximum absolute atomic E-state index is 14.2. The molecule has 50 heavy (non-hydrogen) atoms. The second-order valence-electron chi connectivity index (χ2n) is 11.9. The highest BCUT2D eigenvalue weighted by Crippen LogP contribution is 2.43. The number of benzene rings is 5. The molecule has 2 N–H and O–H groups in total. The second kappa shape index (κ2) is 15.6. The number of carbonyl (C=O) groups is 1. The number of thioether (sulfide) groups is 1. The molecule has 1 saturated heterocycles. The van der Waals surface area contributed by atoms with Gasteiger partial charge in [0.1, 0.15) is 5.56 Å². The van der Waals surface area contributed by atoms with Crippen molar-refractivity contribution in [3.05, 3.63) is 160 Å². The van der Waals surface area contributed by atoms with E-state index in [4.69, 9.17) is 9.47 Å². The van der Waals surface area contributed by atoms with E-state index in [9.17, 15) is 31.9 Å². The summed E-state index contributed by atoms with van der Waals surface area (Å²) in [6.07, 6.45) is -1.15. The Morgan fingerprint density at radius 1 is 0.740 bits per heavy atom. The number of nitrogens with one attached hydrogen (secondary N) is 1. The average Bonchev–Trinajstić information content (AvgIpc) is 3.16. The third kappa shape index (κ3) is 7.46. The molecule has 0 aromatic heterocycles. The van der Waals surface area contributed by atoms with Gasteiger partial charge in [-0.05, 0) is 39.9 Å². The van der Waals surface area contributed by atoms with Crippen molar-refractivity contribution in [3.63, 3.8) is 0 Å². The monoisotopic (exact) mass is 705 g/mol. The van der Waals surface area contributed by atoms with Crippen LogP contribution in [0.1, 0.15) is 51.9 Å². The van der Waals surface area contributed by atoms with Gasteiger partial charge in [-0.25, -0.2) is 22.0 Å². The van der Waals surface area contributed by atoms with Crippen molar-refractivity contribution in [1.29, 1.82) is 0 Å². The van der Waals surface area contributed by atoms with Gasteiger partial charge in [-0.1, -0.05) is 97.9 Å². The molecule has 1 fully saturated rings. The molecular formula is C39H32F5NO4S. The molecule has 6 rings (SSSR count). The number of halogens is 5. The van der Waals surface area contributed by atoms with E-state index in [0.29, 0.717) is 16.9 Å². The fourth-order valence-corrected chi connectivity index (χ4v) is 6.94. The molecule has 1 aliphatic heterocycles. The Kier molecular flexibility index (Phi) is 11.0. The van der Waals surface area contributed by atoms with Gasteiger partial charge in [-0.2, -0.15) is 0 Å². The van der Waals surface area contributed by atoms with Gasteiger partial charge >= 0.3 is 0 Å². The van der Waals surface area contributed by atoms with Crippen molar-refractivity contribution in [2.24, 2.45) is 5.92 Å². The van der Waals surface area contributed by atoms with Gasteiger partial charge in [0.15, 0.2) is 29.6 Å². The van der Waals surface area contributed by atoms with Crippen LogP contribution in [-0.2, 0) is 22.6 Å². The maximum atomic E-state index is 14.2. The largest absolute Gasteiger partial charge is 0.392 e. The molecule has 1 heterocycles. The number of amides is 1. The van der Waals surface area contributed by atoms with E-state index in [-0.39, 0.29) is 31.3 Å². The predicted molar refractivity (Wildman–Crippen MR) is 179 cm³/mol. The lowest BCUT2D eigenvalue weighted by Crippen LogP contribution is -2.38. The molecule has 11 heteroatoms. The number of rotatable bonds is 10. The molecule has 0 saturated carbocycles. The van der Waals surface area contributed by atoms with Crippen LogP contribution in [0, 0.1) is 35.0 Å². The van der Waals surface area contributed by atoms with Gasteiger partial charge in [0.05, 0.1) is 18.8 Å². The molecule has 258 valence electrons. The lowest BCUT2D eigenvalue weighted by Gasteiger charge is -2.41. The molecule has 5 nitrogen and oxygen atoms in total. The number of ether oxygens (including phenoxy) is 2. The van der Waals surface area contributed by atoms with Crippen molar-refractivity contribution in [3.8, 4) is 11.1 Å². The first-order valence-electron chi connectivity index (χ1n) is 15.8. The van der Waals surface area contributed by atoms with Crippen LogP contribution in [0.5, 0.6) is 0 Å². The Hall–Kier alpha value is -4.55. The van der Waals surface area contributed by atoms with Gasteiger partial charge < -0.3 is 19.9 Å². The lowest BCUT2D eigenvalue weighted by atomic mass is 9.91. The summed E-state index contributed by atoms with van der Waals surface area (Å²) in [6.45, 7) is 1.79. The summed E-state index contributed by atoms with van der Waals surface area (Å²) in [5.74, 6) is -11.9. The normalized spacial score (nSPS) is 18.9. The third-order valence-electron chi connectivity index (χ3n) is 8.67. The first kappa shape index (κ1) is 35.3. The third-order valence-corrected chi connectivity index (χ3v) is 9.77. The van der Waals surface area contributed by atoms with Crippen molar-refractivity contribution < 1.29 is 41.3 Å². The lowest BCUT2D eigenvalue weighted by molar-refractivity contribution is -0.268. The molecule has 1 amide bonds. The topological polar surface area (TPSA) is 67.8 Å². The van der Waals surface area contributed by atoms with Gasteiger partial charge in [0.2, 0.25) is 5.82 Å². The van der Waals surface area contributed by atoms with Crippen LogP contribution >= 0.6 is 11.8 Å². The van der Waals surface area contributed by atoms with Gasteiger partial charge in [-0.15, -0.1) is 11.8 Å². The Labute approximate surface area is 290 Å². The molecule has 5 aromatic rings. The minimum absolute atomic E-state index is 0.00800. The van der Waals surface area contributed by atoms with Gasteiger partial charge in [0, 0.05) is 28.7 Å². The van der Waals surface area contributed by atoms with E-state index in [1.54, 1.807) is 36.0 Å². The van der Waals surface area contributed by atoms with Crippen LogP contribution in [0.25, 0.3) is 11.1 Å². The highest BCUT2D eigenvalue weighted by atomic mass is 32.2. The Morgan fingerprint density at radius 3 is 2.00 bits per heavy atom. The van der Waals surface area contributed by atoms with Crippen molar-refractivity contribution in [2.45, 2.75) is 43.5 Å². The zero-order valence-corrected chi connectivity index (χ0v) is 27.5. The standard InChI is InChI=1S/C39H32F5NO4S/c1-22-30(21-50-28-8-3-2-4-9-28)48-39(49-37(22)25-13-11-23(20-46)12-14-25)26-17-15-24(16-18-26)29-10-6-5-7-27(29)19-45-38(47)31-32(40)34(42)36(44)35(43)33(31)41/h2-18,22,30,37,39,46H,19-21H2,1H3,(H,45,47)/t22-,30+,37+,39+/m1/s1. The predicted octanol–water partition coefficient (Wildman–Crippen LogP) is 9.06. The van der Waals surface area contributed by atoms with Crippen molar-refractivity contribution >= 4 is 17.7 Å². The molecule has 5 aromatic carbocycles. The van der Waals surface area contributed by atoms with Crippen LogP contribution in [0.2, 0.25) is 0 Å². The average molecular weight is 706 g/mol. The summed E-state index contributed by atoms with van der Waals surface area (Å²) >= 11 is 1.70. The zero-order valence-electron chi connectivity index (χ0n) is 26.7. The molecule has 1 aliphatic rings. The minimum Gasteiger partial charge on any atom is -0.392 e. The fraction of sp³-hybridized carbons (Fsp3) is 0.205. The van der Waals surface area contributed by atoms with Crippen molar-refractivity contribution in [2.75, 3.05) is 5.75 Å². The number of aliphatic hydroxyl groups is 1. The van der Waals surface area contributed by atoms with E-state index in [1.165, 1.54) is 0 Å². The van der Waals surface area contributed by atoms with E-state index in [0.717, 1.165) is 27.1 Å².